The van der Waals surface area contributed by atoms with Gasteiger partial charge in [0.2, 0.25) is 10.0 Å². The van der Waals surface area contributed by atoms with Gasteiger partial charge >= 0.3 is 0 Å². The van der Waals surface area contributed by atoms with Gasteiger partial charge < -0.3 is 4.74 Å². The van der Waals surface area contributed by atoms with Crippen molar-refractivity contribution in [3.63, 3.8) is 0 Å². The fourth-order valence-electron chi connectivity index (χ4n) is 1.61. The first-order valence-electron chi connectivity index (χ1n) is 6.27. The number of anilines is 1. The Morgan fingerprint density at radius 3 is 2.57 bits per heavy atom. The third-order valence-electron chi connectivity index (χ3n) is 2.58. The molecule has 0 aliphatic heterocycles. The lowest BCUT2D eigenvalue weighted by molar-refractivity contribution is 0.340. The number of nitrogens with one attached hydrogen (secondary N) is 1. The van der Waals surface area contributed by atoms with E-state index in [0.29, 0.717) is 5.75 Å². The zero-order chi connectivity index (χ0) is 15.3. The van der Waals surface area contributed by atoms with Crippen molar-refractivity contribution in [1.82, 2.24) is 4.98 Å². The van der Waals surface area contributed by atoms with E-state index in [2.05, 4.69) is 9.71 Å². The molecule has 0 saturated heterocycles. The molecule has 2 aromatic rings. The van der Waals surface area contributed by atoms with Crippen molar-refractivity contribution in [3.05, 3.63) is 54.0 Å². The molecule has 0 amide bonds. The fraction of sp³-hybridized carbons (Fsp3) is 0.214. The minimum atomic E-state index is -3.54. The minimum absolute atomic E-state index is 0.0349. The molecule has 0 aliphatic carbocycles. The Morgan fingerprint density at radius 2 is 1.90 bits per heavy atom. The standard InChI is InChI=1S/C14H15FN2O3S/c1-11-3-2-4-14(16-11)17-21(18,19)10-9-20-13-7-5-12(15)6-8-13/h2-8H,9-10H2,1H3,(H,16,17). The van der Waals surface area contributed by atoms with E-state index in [1.54, 1.807) is 25.1 Å². The summed E-state index contributed by atoms with van der Waals surface area (Å²) in [7, 11) is -3.54. The molecule has 0 radical (unpaired) electrons. The number of ether oxygens (including phenoxy) is 1. The number of halogens is 1. The molecule has 7 heteroatoms. The van der Waals surface area contributed by atoms with E-state index in [4.69, 9.17) is 4.74 Å². The van der Waals surface area contributed by atoms with Gasteiger partial charge in [0.1, 0.15) is 29.7 Å². The highest BCUT2D eigenvalue weighted by Gasteiger charge is 2.11. The van der Waals surface area contributed by atoms with Gasteiger partial charge in [0, 0.05) is 5.69 Å². The number of rotatable bonds is 6. The van der Waals surface area contributed by atoms with E-state index in [9.17, 15) is 12.8 Å². The number of aromatic nitrogens is 1. The van der Waals surface area contributed by atoms with E-state index in [1.165, 1.54) is 24.3 Å². The molecule has 0 aliphatic rings. The van der Waals surface area contributed by atoms with Crippen molar-refractivity contribution in [2.45, 2.75) is 6.92 Å². The molecule has 5 nitrogen and oxygen atoms in total. The van der Waals surface area contributed by atoms with Gasteiger partial charge in [0.05, 0.1) is 0 Å². The van der Waals surface area contributed by atoms with Crippen molar-refractivity contribution in [1.29, 1.82) is 0 Å². The van der Waals surface area contributed by atoms with Gasteiger partial charge in [-0.15, -0.1) is 0 Å². The number of nitrogens with zero attached hydrogens (tertiary/aromatic N) is 1. The molecular weight excluding hydrogens is 295 g/mol. The lowest BCUT2D eigenvalue weighted by Crippen LogP contribution is -2.21. The Labute approximate surface area is 122 Å². The molecule has 2 rings (SSSR count). The molecule has 0 bridgehead atoms. The summed E-state index contributed by atoms with van der Waals surface area (Å²) in [5.41, 5.74) is 0.720. The molecule has 1 aromatic heterocycles. The topological polar surface area (TPSA) is 68.3 Å². The Hall–Kier alpha value is -2.15. The molecule has 0 atom stereocenters. The molecule has 0 saturated carbocycles. The predicted molar refractivity (Wildman–Crippen MR) is 78.3 cm³/mol. The van der Waals surface area contributed by atoms with Crippen LogP contribution in [0.2, 0.25) is 0 Å². The maximum atomic E-state index is 12.7. The van der Waals surface area contributed by atoms with Gasteiger partial charge in [-0.3, -0.25) is 4.72 Å². The maximum Gasteiger partial charge on any atom is 0.237 e. The number of benzene rings is 1. The number of hydrogen-bond acceptors (Lipinski definition) is 4. The van der Waals surface area contributed by atoms with Crippen LogP contribution in [0.4, 0.5) is 10.2 Å². The summed E-state index contributed by atoms with van der Waals surface area (Å²) in [4.78, 5) is 4.06. The van der Waals surface area contributed by atoms with Crippen LogP contribution in [0.25, 0.3) is 0 Å². The lowest BCUT2D eigenvalue weighted by Gasteiger charge is -2.09. The zero-order valence-corrected chi connectivity index (χ0v) is 12.2. The molecule has 21 heavy (non-hydrogen) atoms. The zero-order valence-electron chi connectivity index (χ0n) is 11.4. The van der Waals surface area contributed by atoms with Crippen molar-refractivity contribution in [2.24, 2.45) is 0 Å². The first-order valence-corrected chi connectivity index (χ1v) is 7.92. The summed E-state index contributed by atoms with van der Waals surface area (Å²) < 4.78 is 44.1. The van der Waals surface area contributed by atoms with Crippen LogP contribution in [0.5, 0.6) is 5.75 Å². The largest absolute Gasteiger partial charge is 0.492 e. The molecule has 0 spiro atoms. The van der Waals surface area contributed by atoms with Crippen LogP contribution in [0.3, 0.4) is 0 Å². The van der Waals surface area contributed by atoms with Gasteiger partial charge in [-0.1, -0.05) is 6.07 Å². The van der Waals surface area contributed by atoms with E-state index >= 15 is 0 Å². The Bertz CT molecular complexity index is 702. The number of pyridine rings is 1. The monoisotopic (exact) mass is 310 g/mol. The molecule has 1 heterocycles. The van der Waals surface area contributed by atoms with Gasteiger partial charge in [-0.2, -0.15) is 0 Å². The number of sulfonamides is 1. The Morgan fingerprint density at radius 1 is 1.19 bits per heavy atom. The van der Waals surface area contributed by atoms with E-state index in [1.807, 2.05) is 0 Å². The number of hydrogen-bond donors (Lipinski definition) is 1. The van der Waals surface area contributed by atoms with Crippen LogP contribution < -0.4 is 9.46 Å². The Kier molecular flexibility index (Phi) is 4.74. The second kappa shape index (κ2) is 6.53. The number of aryl methyl sites for hydroxylation is 1. The van der Waals surface area contributed by atoms with Gasteiger partial charge in [0.15, 0.2) is 0 Å². The summed E-state index contributed by atoms with van der Waals surface area (Å²) in [5, 5.41) is 0. The summed E-state index contributed by atoms with van der Waals surface area (Å²) in [5.74, 6) is 0.0965. The predicted octanol–water partition coefficient (Wildman–Crippen LogP) is 2.35. The van der Waals surface area contributed by atoms with Crippen LogP contribution in [0.15, 0.2) is 42.5 Å². The highest BCUT2D eigenvalue weighted by Crippen LogP contribution is 2.11. The third kappa shape index (κ3) is 5.03. The van der Waals surface area contributed by atoms with E-state index in [0.717, 1.165) is 5.69 Å². The second-order valence-corrected chi connectivity index (χ2v) is 6.23. The third-order valence-corrected chi connectivity index (χ3v) is 3.81. The van der Waals surface area contributed by atoms with Crippen LogP contribution in [0, 0.1) is 12.7 Å². The van der Waals surface area contributed by atoms with Crippen molar-refractivity contribution in [3.8, 4) is 5.75 Å². The van der Waals surface area contributed by atoms with E-state index in [-0.39, 0.29) is 24.0 Å². The first kappa shape index (κ1) is 15.2. The quantitative estimate of drug-likeness (QED) is 0.889. The smallest absolute Gasteiger partial charge is 0.237 e. The normalized spacial score (nSPS) is 11.1. The minimum Gasteiger partial charge on any atom is -0.492 e. The molecule has 1 N–H and O–H groups in total. The fourth-order valence-corrected chi connectivity index (χ4v) is 2.45. The van der Waals surface area contributed by atoms with Gasteiger partial charge in [0.25, 0.3) is 0 Å². The van der Waals surface area contributed by atoms with Crippen molar-refractivity contribution in [2.75, 3.05) is 17.1 Å². The van der Waals surface area contributed by atoms with Crippen molar-refractivity contribution < 1.29 is 17.5 Å². The molecule has 0 fully saturated rings. The van der Waals surface area contributed by atoms with Gasteiger partial charge in [-0.25, -0.2) is 17.8 Å². The summed E-state index contributed by atoms with van der Waals surface area (Å²) in [6, 6.07) is 10.4. The summed E-state index contributed by atoms with van der Waals surface area (Å²) in [6.45, 7) is 1.74. The SMILES string of the molecule is Cc1cccc(NS(=O)(=O)CCOc2ccc(F)cc2)n1. The van der Waals surface area contributed by atoms with Crippen LogP contribution in [0.1, 0.15) is 5.69 Å². The highest BCUT2D eigenvalue weighted by atomic mass is 32.2. The summed E-state index contributed by atoms with van der Waals surface area (Å²) >= 11 is 0. The van der Waals surface area contributed by atoms with E-state index < -0.39 is 10.0 Å². The molecule has 112 valence electrons. The lowest BCUT2D eigenvalue weighted by atomic mass is 10.3. The molecule has 0 unspecified atom stereocenters. The van der Waals surface area contributed by atoms with Crippen molar-refractivity contribution >= 4 is 15.8 Å². The van der Waals surface area contributed by atoms with Crippen LogP contribution in [-0.2, 0) is 10.0 Å². The maximum absolute atomic E-state index is 12.7. The first-order chi connectivity index (χ1) is 9.94. The Balaban J connectivity index is 1.88. The average molecular weight is 310 g/mol. The van der Waals surface area contributed by atoms with Crippen LogP contribution in [-0.4, -0.2) is 25.8 Å². The van der Waals surface area contributed by atoms with Gasteiger partial charge in [-0.05, 0) is 43.3 Å². The summed E-state index contributed by atoms with van der Waals surface area (Å²) in [6.07, 6.45) is 0. The molecular formula is C14H15FN2O3S. The average Bonchev–Trinajstić information content (AvgIpc) is 2.40. The van der Waals surface area contributed by atoms with Crippen LogP contribution >= 0.6 is 0 Å². The second-order valence-electron chi connectivity index (χ2n) is 4.39. The highest BCUT2D eigenvalue weighted by molar-refractivity contribution is 7.92. The molecule has 1 aromatic carbocycles.